The third kappa shape index (κ3) is 3.47. The van der Waals surface area contributed by atoms with Crippen molar-refractivity contribution < 1.29 is 4.74 Å². The lowest BCUT2D eigenvalue weighted by atomic mass is 10.2. The molecule has 1 aliphatic heterocycles. The maximum absolute atomic E-state index is 9.30. The number of nitrogens with zero attached hydrogens (tertiary/aromatic N) is 2. The highest BCUT2D eigenvalue weighted by Crippen LogP contribution is 2.12. The summed E-state index contributed by atoms with van der Waals surface area (Å²) < 4.78 is 5.27. The number of anilines is 1. The van der Waals surface area contributed by atoms with Gasteiger partial charge in [-0.25, -0.2) is 0 Å². The molecule has 0 spiro atoms. The minimum Gasteiger partial charge on any atom is -0.384 e. The van der Waals surface area contributed by atoms with Crippen LogP contribution in [0.5, 0.6) is 0 Å². The van der Waals surface area contributed by atoms with Crippen LogP contribution in [0, 0.1) is 11.3 Å². The van der Waals surface area contributed by atoms with Gasteiger partial charge < -0.3 is 20.7 Å². The molecule has 0 aliphatic carbocycles. The van der Waals surface area contributed by atoms with Crippen molar-refractivity contribution in [2.24, 2.45) is 5.73 Å². The van der Waals surface area contributed by atoms with E-state index in [0.717, 1.165) is 5.69 Å². The Morgan fingerprint density at radius 1 is 1.30 bits per heavy atom. The maximum Gasteiger partial charge on any atom is 0.127 e. The Bertz CT molecular complexity index is 544. The molecule has 0 saturated carbocycles. The topological polar surface area (TPSA) is 74.3 Å². The predicted molar refractivity (Wildman–Crippen MR) is 81.9 cm³/mol. The molecule has 1 saturated heterocycles. The van der Waals surface area contributed by atoms with Crippen molar-refractivity contribution in [3.05, 3.63) is 41.7 Å². The molecule has 0 amide bonds. The fourth-order valence-electron chi connectivity index (χ4n) is 1.90. The molecule has 0 unspecified atom stereocenters. The molecule has 1 aliphatic rings. The first-order valence-electron chi connectivity index (χ1n) is 6.31. The van der Waals surface area contributed by atoms with E-state index in [0.29, 0.717) is 42.7 Å². The number of nitriles is 1. The highest BCUT2D eigenvalue weighted by molar-refractivity contribution is 7.81. The van der Waals surface area contributed by atoms with Gasteiger partial charge in [0.25, 0.3) is 0 Å². The fraction of sp³-hybridized carbons (Fsp3) is 0.286. The molecular formula is C14H16N4OS. The number of ether oxygens (including phenoxy) is 1. The van der Waals surface area contributed by atoms with Crippen LogP contribution in [0.2, 0.25) is 0 Å². The van der Waals surface area contributed by atoms with Gasteiger partial charge in [0.05, 0.1) is 13.2 Å². The van der Waals surface area contributed by atoms with Gasteiger partial charge in [-0.05, 0) is 12.1 Å². The summed E-state index contributed by atoms with van der Waals surface area (Å²) >= 11 is 5.27. The van der Waals surface area contributed by atoms with Gasteiger partial charge in [-0.3, -0.25) is 0 Å². The van der Waals surface area contributed by atoms with E-state index in [9.17, 15) is 5.26 Å². The number of para-hydroxylation sites is 1. The van der Waals surface area contributed by atoms with Crippen LogP contribution >= 0.6 is 12.2 Å². The van der Waals surface area contributed by atoms with Crippen LogP contribution in [0.4, 0.5) is 5.69 Å². The summed E-state index contributed by atoms with van der Waals surface area (Å²) in [6, 6.07) is 11.6. The van der Waals surface area contributed by atoms with Crippen LogP contribution in [0.1, 0.15) is 0 Å². The molecule has 3 N–H and O–H groups in total. The standard InChI is InChI=1S/C14H16N4OS/c15-10-12(13(16)18-6-8-19-9-7-18)14(20)17-11-4-2-1-3-5-11/h1-5H,6-9,16H2,(H,17,20)/b13-12-. The van der Waals surface area contributed by atoms with Crippen LogP contribution in [0.15, 0.2) is 41.7 Å². The maximum atomic E-state index is 9.30. The molecule has 0 bridgehead atoms. The first-order chi connectivity index (χ1) is 9.72. The average molecular weight is 288 g/mol. The van der Waals surface area contributed by atoms with E-state index in [2.05, 4.69) is 11.4 Å². The molecule has 6 heteroatoms. The zero-order valence-electron chi connectivity index (χ0n) is 11.0. The summed E-state index contributed by atoms with van der Waals surface area (Å²) in [5.41, 5.74) is 7.19. The van der Waals surface area contributed by atoms with Crippen LogP contribution in [0.3, 0.4) is 0 Å². The first-order valence-corrected chi connectivity index (χ1v) is 6.72. The molecule has 2 rings (SSSR count). The Hall–Kier alpha value is -2.10. The Morgan fingerprint density at radius 3 is 2.55 bits per heavy atom. The van der Waals surface area contributed by atoms with Crippen molar-refractivity contribution in [2.45, 2.75) is 0 Å². The summed E-state index contributed by atoms with van der Waals surface area (Å²) in [5, 5.41) is 12.3. The van der Waals surface area contributed by atoms with E-state index in [-0.39, 0.29) is 0 Å². The quantitative estimate of drug-likeness (QED) is 0.498. The summed E-state index contributed by atoms with van der Waals surface area (Å²) in [5.74, 6) is 0.407. The van der Waals surface area contributed by atoms with Crippen molar-refractivity contribution in [1.29, 1.82) is 5.26 Å². The van der Waals surface area contributed by atoms with E-state index in [1.807, 2.05) is 35.2 Å². The number of hydrogen-bond donors (Lipinski definition) is 2. The lowest BCUT2D eigenvalue weighted by Gasteiger charge is -2.29. The van der Waals surface area contributed by atoms with E-state index in [4.69, 9.17) is 22.7 Å². The molecule has 1 aromatic carbocycles. The Balaban J connectivity index is 2.14. The largest absolute Gasteiger partial charge is 0.384 e. The zero-order valence-corrected chi connectivity index (χ0v) is 11.8. The van der Waals surface area contributed by atoms with Crippen molar-refractivity contribution in [3.63, 3.8) is 0 Å². The third-order valence-corrected chi connectivity index (χ3v) is 3.28. The van der Waals surface area contributed by atoms with Crippen molar-refractivity contribution in [1.82, 2.24) is 4.90 Å². The van der Waals surface area contributed by atoms with Gasteiger partial charge in [-0.2, -0.15) is 5.26 Å². The van der Waals surface area contributed by atoms with Gasteiger partial charge in [0.2, 0.25) is 0 Å². The average Bonchev–Trinajstić information content (AvgIpc) is 2.49. The van der Waals surface area contributed by atoms with Crippen LogP contribution in [0.25, 0.3) is 0 Å². The van der Waals surface area contributed by atoms with E-state index in [1.165, 1.54) is 0 Å². The number of benzene rings is 1. The molecule has 0 aromatic heterocycles. The molecule has 20 heavy (non-hydrogen) atoms. The lowest BCUT2D eigenvalue weighted by molar-refractivity contribution is 0.0528. The van der Waals surface area contributed by atoms with Gasteiger partial charge in [-0.15, -0.1) is 0 Å². The molecular weight excluding hydrogens is 272 g/mol. The highest BCUT2D eigenvalue weighted by atomic mass is 32.1. The fourth-order valence-corrected chi connectivity index (χ4v) is 2.17. The van der Waals surface area contributed by atoms with Crippen LogP contribution in [-0.2, 0) is 4.74 Å². The van der Waals surface area contributed by atoms with Crippen molar-refractivity contribution in [2.75, 3.05) is 31.6 Å². The normalized spacial score (nSPS) is 16.1. The molecule has 104 valence electrons. The van der Waals surface area contributed by atoms with Gasteiger partial charge >= 0.3 is 0 Å². The minimum absolute atomic E-state index is 0.297. The van der Waals surface area contributed by atoms with E-state index in [1.54, 1.807) is 0 Å². The molecule has 1 aromatic rings. The van der Waals surface area contributed by atoms with E-state index < -0.39 is 0 Å². The number of nitrogens with one attached hydrogen (secondary N) is 1. The molecule has 5 nitrogen and oxygen atoms in total. The smallest absolute Gasteiger partial charge is 0.127 e. The van der Waals surface area contributed by atoms with Crippen LogP contribution in [-0.4, -0.2) is 36.2 Å². The van der Waals surface area contributed by atoms with Crippen molar-refractivity contribution in [3.8, 4) is 6.07 Å². The number of nitrogens with two attached hydrogens (primary N) is 1. The second-order valence-corrected chi connectivity index (χ2v) is 4.70. The third-order valence-electron chi connectivity index (χ3n) is 2.98. The molecule has 0 radical (unpaired) electrons. The minimum atomic E-state index is 0.297. The van der Waals surface area contributed by atoms with Gasteiger partial charge in [0.1, 0.15) is 22.5 Å². The van der Waals surface area contributed by atoms with Gasteiger partial charge in [-0.1, -0.05) is 30.4 Å². The predicted octanol–water partition coefficient (Wildman–Crippen LogP) is 1.45. The molecule has 0 atom stereocenters. The Morgan fingerprint density at radius 2 is 1.95 bits per heavy atom. The first kappa shape index (κ1) is 14.3. The highest BCUT2D eigenvalue weighted by Gasteiger charge is 2.17. The van der Waals surface area contributed by atoms with Gasteiger partial charge in [0.15, 0.2) is 0 Å². The number of rotatable bonds is 3. The van der Waals surface area contributed by atoms with Gasteiger partial charge in [0, 0.05) is 18.8 Å². The second-order valence-electron chi connectivity index (χ2n) is 4.29. The van der Waals surface area contributed by atoms with Crippen LogP contribution < -0.4 is 11.1 Å². The molecule has 1 heterocycles. The monoisotopic (exact) mass is 288 g/mol. The Labute approximate surface area is 123 Å². The second kappa shape index (κ2) is 6.89. The summed E-state index contributed by atoms with van der Waals surface area (Å²) in [4.78, 5) is 2.25. The number of morpholine rings is 1. The summed E-state index contributed by atoms with van der Waals surface area (Å²) in [7, 11) is 0. The molecule has 1 fully saturated rings. The number of hydrogen-bond acceptors (Lipinski definition) is 5. The summed E-state index contributed by atoms with van der Waals surface area (Å²) in [6.45, 7) is 2.56. The Kier molecular flexibility index (Phi) is 4.93. The van der Waals surface area contributed by atoms with Crippen molar-refractivity contribution >= 4 is 22.9 Å². The number of thiocarbonyl (C=S) groups is 1. The lowest BCUT2D eigenvalue weighted by Crippen LogP contribution is -2.40. The zero-order chi connectivity index (χ0) is 14.4. The summed E-state index contributed by atoms with van der Waals surface area (Å²) in [6.07, 6.45) is 0. The SMILES string of the molecule is N#C/C(C(=S)Nc1ccccc1)=C(\N)N1CCOCC1. The van der Waals surface area contributed by atoms with E-state index >= 15 is 0 Å².